The molecule has 2 rings (SSSR count). The van der Waals surface area contributed by atoms with Gasteiger partial charge in [-0.3, -0.25) is 10.1 Å². The van der Waals surface area contributed by atoms with Crippen molar-refractivity contribution in [3.05, 3.63) is 62.6 Å². The summed E-state index contributed by atoms with van der Waals surface area (Å²) < 4.78 is 6.64. The minimum atomic E-state index is -0.450. The van der Waals surface area contributed by atoms with Crippen LogP contribution in [0.1, 0.15) is 18.5 Å². The standard InChI is InChI=1S/C15H15BrN2O3/c1-10(17-2)12-8-7-11(16)9-15(12)21-14-6-4-3-5-13(14)18(19)20/h3-10,17H,1-2H3. The number of hydrogen-bond donors (Lipinski definition) is 1. The van der Waals surface area contributed by atoms with Gasteiger partial charge in [0.1, 0.15) is 5.75 Å². The molecule has 1 atom stereocenters. The van der Waals surface area contributed by atoms with Crippen molar-refractivity contribution < 1.29 is 9.66 Å². The van der Waals surface area contributed by atoms with Crippen molar-refractivity contribution in [2.24, 2.45) is 0 Å². The second-order valence-corrected chi connectivity index (χ2v) is 5.44. The van der Waals surface area contributed by atoms with Gasteiger partial charge in [0.15, 0.2) is 0 Å². The van der Waals surface area contributed by atoms with Crippen LogP contribution in [0.4, 0.5) is 5.69 Å². The zero-order chi connectivity index (χ0) is 15.4. The average Bonchev–Trinajstić information content (AvgIpc) is 2.47. The Morgan fingerprint density at radius 2 is 1.95 bits per heavy atom. The molecule has 0 fully saturated rings. The SMILES string of the molecule is CNC(C)c1ccc(Br)cc1Oc1ccccc1[N+](=O)[O-]. The summed E-state index contributed by atoms with van der Waals surface area (Å²) in [5.41, 5.74) is 0.874. The maximum atomic E-state index is 11.1. The van der Waals surface area contributed by atoms with Crippen molar-refractivity contribution in [3.8, 4) is 11.5 Å². The number of ether oxygens (including phenoxy) is 1. The third-order valence-electron chi connectivity index (χ3n) is 3.16. The van der Waals surface area contributed by atoms with E-state index in [9.17, 15) is 10.1 Å². The molecular weight excluding hydrogens is 336 g/mol. The summed E-state index contributed by atoms with van der Waals surface area (Å²) >= 11 is 3.39. The highest BCUT2D eigenvalue weighted by atomic mass is 79.9. The molecular formula is C15H15BrN2O3. The van der Waals surface area contributed by atoms with E-state index in [4.69, 9.17) is 4.74 Å². The third-order valence-corrected chi connectivity index (χ3v) is 3.65. The molecule has 0 saturated heterocycles. The van der Waals surface area contributed by atoms with Crippen LogP contribution >= 0.6 is 15.9 Å². The van der Waals surface area contributed by atoms with Gasteiger partial charge in [-0.25, -0.2) is 0 Å². The second kappa shape index (κ2) is 6.69. The molecule has 0 bridgehead atoms. The zero-order valence-electron chi connectivity index (χ0n) is 11.7. The molecule has 110 valence electrons. The van der Waals surface area contributed by atoms with Crippen LogP contribution in [0.3, 0.4) is 0 Å². The van der Waals surface area contributed by atoms with Gasteiger partial charge in [0.25, 0.3) is 0 Å². The smallest absolute Gasteiger partial charge is 0.311 e. The molecule has 0 spiro atoms. The normalized spacial score (nSPS) is 12.0. The fraction of sp³-hybridized carbons (Fsp3) is 0.200. The molecule has 0 heterocycles. The summed E-state index contributed by atoms with van der Waals surface area (Å²) in [5.74, 6) is 0.811. The van der Waals surface area contributed by atoms with Gasteiger partial charge >= 0.3 is 5.69 Å². The van der Waals surface area contributed by atoms with Crippen LogP contribution in [0.2, 0.25) is 0 Å². The van der Waals surface area contributed by atoms with Crippen LogP contribution in [0, 0.1) is 10.1 Å². The molecule has 1 N–H and O–H groups in total. The first-order valence-corrected chi connectivity index (χ1v) is 7.20. The van der Waals surface area contributed by atoms with Gasteiger partial charge in [0.2, 0.25) is 5.75 Å². The number of nitrogens with zero attached hydrogens (tertiary/aromatic N) is 1. The van der Waals surface area contributed by atoms with E-state index in [0.717, 1.165) is 10.0 Å². The van der Waals surface area contributed by atoms with Crippen LogP contribution in [0.5, 0.6) is 11.5 Å². The molecule has 0 saturated carbocycles. The van der Waals surface area contributed by atoms with E-state index in [1.54, 1.807) is 24.3 Å². The molecule has 2 aromatic rings. The summed E-state index contributed by atoms with van der Waals surface area (Å²) in [5, 5.41) is 14.2. The van der Waals surface area contributed by atoms with E-state index in [0.29, 0.717) is 5.75 Å². The average molecular weight is 351 g/mol. The Morgan fingerprint density at radius 3 is 2.62 bits per heavy atom. The van der Waals surface area contributed by atoms with Crippen molar-refractivity contribution in [2.45, 2.75) is 13.0 Å². The quantitative estimate of drug-likeness (QED) is 0.639. The monoisotopic (exact) mass is 350 g/mol. The van der Waals surface area contributed by atoms with E-state index in [1.165, 1.54) is 6.07 Å². The molecule has 0 aliphatic rings. The first-order valence-electron chi connectivity index (χ1n) is 6.41. The largest absolute Gasteiger partial charge is 0.450 e. The predicted molar refractivity (Wildman–Crippen MR) is 84.8 cm³/mol. The molecule has 5 nitrogen and oxygen atoms in total. The Morgan fingerprint density at radius 1 is 1.24 bits per heavy atom. The van der Waals surface area contributed by atoms with Crippen LogP contribution < -0.4 is 10.1 Å². The van der Waals surface area contributed by atoms with Crippen LogP contribution in [-0.4, -0.2) is 12.0 Å². The molecule has 0 aliphatic heterocycles. The van der Waals surface area contributed by atoms with Crippen LogP contribution in [0.25, 0.3) is 0 Å². The lowest BCUT2D eigenvalue weighted by atomic mass is 10.1. The minimum absolute atomic E-state index is 0.0551. The number of para-hydroxylation sites is 2. The van der Waals surface area contributed by atoms with Crippen molar-refractivity contribution in [3.63, 3.8) is 0 Å². The molecule has 0 amide bonds. The molecule has 0 aromatic heterocycles. The molecule has 21 heavy (non-hydrogen) atoms. The van der Waals surface area contributed by atoms with Gasteiger partial charge in [0, 0.05) is 22.1 Å². The van der Waals surface area contributed by atoms with E-state index >= 15 is 0 Å². The van der Waals surface area contributed by atoms with E-state index in [-0.39, 0.29) is 17.5 Å². The molecule has 0 aliphatic carbocycles. The van der Waals surface area contributed by atoms with Gasteiger partial charge in [-0.15, -0.1) is 0 Å². The summed E-state index contributed by atoms with van der Waals surface area (Å²) in [6.45, 7) is 2.00. The van der Waals surface area contributed by atoms with E-state index < -0.39 is 4.92 Å². The minimum Gasteiger partial charge on any atom is -0.450 e. The van der Waals surface area contributed by atoms with Crippen molar-refractivity contribution in [1.82, 2.24) is 5.32 Å². The number of nitro groups is 1. The summed E-state index contributed by atoms with van der Waals surface area (Å²) in [7, 11) is 1.85. The predicted octanol–water partition coefficient (Wildman–Crippen LogP) is 4.43. The van der Waals surface area contributed by atoms with Crippen molar-refractivity contribution in [2.75, 3.05) is 7.05 Å². The maximum Gasteiger partial charge on any atom is 0.311 e. The highest BCUT2D eigenvalue weighted by Gasteiger charge is 2.17. The Labute approximate surface area is 131 Å². The Bertz CT molecular complexity index is 661. The van der Waals surface area contributed by atoms with Gasteiger partial charge in [-0.05, 0) is 32.2 Å². The number of nitro benzene ring substituents is 1. The lowest BCUT2D eigenvalue weighted by molar-refractivity contribution is -0.385. The van der Waals surface area contributed by atoms with E-state index in [2.05, 4.69) is 21.2 Å². The zero-order valence-corrected chi connectivity index (χ0v) is 13.3. The number of benzene rings is 2. The summed E-state index contributed by atoms with van der Waals surface area (Å²) in [4.78, 5) is 10.6. The number of nitrogens with one attached hydrogen (secondary N) is 1. The molecule has 2 aromatic carbocycles. The molecule has 1 unspecified atom stereocenters. The lowest BCUT2D eigenvalue weighted by Crippen LogP contribution is -2.13. The molecule has 0 radical (unpaired) electrons. The second-order valence-electron chi connectivity index (χ2n) is 4.52. The first-order chi connectivity index (χ1) is 10.0. The van der Waals surface area contributed by atoms with Gasteiger partial charge in [0.05, 0.1) is 4.92 Å². The number of halogens is 1. The van der Waals surface area contributed by atoms with E-state index in [1.807, 2.05) is 26.1 Å². The summed E-state index contributed by atoms with van der Waals surface area (Å²) in [6.07, 6.45) is 0. The third kappa shape index (κ3) is 3.59. The number of rotatable bonds is 5. The van der Waals surface area contributed by atoms with Crippen LogP contribution in [-0.2, 0) is 0 Å². The first kappa shape index (κ1) is 15.5. The molecule has 6 heteroatoms. The Hall–Kier alpha value is -1.92. The van der Waals surface area contributed by atoms with Gasteiger partial charge in [-0.2, -0.15) is 0 Å². The highest BCUT2D eigenvalue weighted by Crippen LogP contribution is 2.36. The number of hydrogen-bond acceptors (Lipinski definition) is 4. The fourth-order valence-corrected chi connectivity index (χ4v) is 2.26. The fourth-order valence-electron chi connectivity index (χ4n) is 1.92. The van der Waals surface area contributed by atoms with Gasteiger partial charge in [-0.1, -0.05) is 34.1 Å². The van der Waals surface area contributed by atoms with Crippen molar-refractivity contribution in [1.29, 1.82) is 0 Å². The van der Waals surface area contributed by atoms with Crippen molar-refractivity contribution >= 4 is 21.6 Å². The topological polar surface area (TPSA) is 64.4 Å². The highest BCUT2D eigenvalue weighted by molar-refractivity contribution is 9.10. The Balaban J connectivity index is 2.44. The Kier molecular flexibility index (Phi) is 4.93. The lowest BCUT2D eigenvalue weighted by Gasteiger charge is -2.16. The van der Waals surface area contributed by atoms with Crippen LogP contribution in [0.15, 0.2) is 46.9 Å². The maximum absolute atomic E-state index is 11.1. The summed E-state index contributed by atoms with van der Waals surface area (Å²) in [6, 6.07) is 12.0. The van der Waals surface area contributed by atoms with Gasteiger partial charge < -0.3 is 10.1 Å².